The summed E-state index contributed by atoms with van der Waals surface area (Å²) in [5.74, 6) is 0.379. The van der Waals surface area contributed by atoms with Crippen molar-refractivity contribution in [2.75, 3.05) is 18.9 Å². The summed E-state index contributed by atoms with van der Waals surface area (Å²) in [6.07, 6.45) is 1.79. The first-order chi connectivity index (χ1) is 17.2. The summed E-state index contributed by atoms with van der Waals surface area (Å²) in [5, 5.41) is 9.01. The Morgan fingerprint density at radius 2 is 1.89 bits per heavy atom. The zero-order chi connectivity index (χ0) is 25.6. The molecule has 5 rings (SSSR count). The van der Waals surface area contributed by atoms with Gasteiger partial charge in [-0.1, -0.05) is 17.3 Å². The van der Waals surface area contributed by atoms with Crippen LogP contribution in [-0.2, 0) is 34.5 Å². The number of carbonyl (C=O) groups is 1. The molecule has 1 aliphatic heterocycles. The summed E-state index contributed by atoms with van der Waals surface area (Å²) in [6, 6.07) is 8.46. The molecule has 1 amide bonds. The fraction of sp³-hybridized carbons (Fsp3) is 0.292. The maximum atomic E-state index is 13.3. The van der Waals surface area contributed by atoms with Gasteiger partial charge in [-0.2, -0.15) is 5.10 Å². The maximum Gasteiger partial charge on any atom is 0.270 e. The van der Waals surface area contributed by atoms with E-state index >= 15 is 0 Å². The summed E-state index contributed by atoms with van der Waals surface area (Å²) >= 11 is 0. The Balaban J connectivity index is 1.45. The van der Waals surface area contributed by atoms with E-state index < -0.39 is 10.0 Å². The van der Waals surface area contributed by atoms with Gasteiger partial charge in [0.25, 0.3) is 10.0 Å². The van der Waals surface area contributed by atoms with Crippen LogP contribution < -0.4 is 14.2 Å². The Morgan fingerprint density at radius 3 is 2.56 bits per heavy atom. The molecule has 0 atom stereocenters. The molecule has 0 saturated heterocycles. The third-order valence-electron chi connectivity index (χ3n) is 6.23. The van der Waals surface area contributed by atoms with E-state index in [1.807, 2.05) is 23.7 Å². The van der Waals surface area contributed by atoms with Crippen molar-refractivity contribution in [3.63, 3.8) is 0 Å². The van der Waals surface area contributed by atoms with Gasteiger partial charge in [0.05, 0.1) is 44.6 Å². The van der Waals surface area contributed by atoms with E-state index in [1.165, 1.54) is 26.4 Å². The van der Waals surface area contributed by atoms with Crippen molar-refractivity contribution in [2.24, 2.45) is 0 Å². The fourth-order valence-electron chi connectivity index (χ4n) is 4.50. The predicted octanol–water partition coefficient (Wildman–Crippen LogP) is 3.06. The van der Waals surface area contributed by atoms with E-state index in [4.69, 9.17) is 14.0 Å². The van der Waals surface area contributed by atoms with Gasteiger partial charge in [0.2, 0.25) is 5.91 Å². The van der Waals surface area contributed by atoms with E-state index in [2.05, 4.69) is 15.0 Å². The van der Waals surface area contributed by atoms with E-state index in [0.29, 0.717) is 30.6 Å². The molecular formula is C24H25N5O6S. The Bertz CT molecular complexity index is 1570. The number of hydrogen-bond acceptors (Lipinski definition) is 8. The molecule has 0 aliphatic carbocycles. The monoisotopic (exact) mass is 511 g/mol. The lowest BCUT2D eigenvalue weighted by molar-refractivity contribution is -0.129. The van der Waals surface area contributed by atoms with Crippen LogP contribution in [0.15, 0.2) is 45.9 Å². The van der Waals surface area contributed by atoms with Crippen molar-refractivity contribution < 1.29 is 27.2 Å². The van der Waals surface area contributed by atoms with Crippen LogP contribution >= 0.6 is 0 Å². The molecule has 36 heavy (non-hydrogen) atoms. The SMILES string of the molecule is COc1cccc(OC)c1S(=O)(=O)Nc1noc2cc(Cn3ncc4c3CN(C(C)=O)C4)cc(C)c12. The van der Waals surface area contributed by atoms with Gasteiger partial charge in [0.1, 0.15) is 11.5 Å². The Kier molecular flexibility index (Phi) is 5.83. The number of anilines is 1. The van der Waals surface area contributed by atoms with Crippen molar-refractivity contribution in [1.29, 1.82) is 0 Å². The molecule has 0 saturated carbocycles. The number of hydrogen-bond donors (Lipinski definition) is 1. The predicted molar refractivity (Wildman–Crippen MR) is 130 cm³/mol. The number of amides is 1. The van der Waals surface area contributed by atoms with Crippen LogP contribution in [0.5, 0.6) is 11.5 Å². The van der Waals surface area contributed by atoms with E-state index in [9.17, 15) is 13.2 Å². The summed E-state index contributed by atoms with van der Waals surface area (Å²) in [4.78, 5) is 13.4. The van der Waals surface area contributed by atoms with E-state index in [-0.39, 0.29) is 28.1 Å². The molecule has 0 radical (unpaired) electrons. The highest BCUT2D eigenvalue weighted by Gasteiger charge is 2.28. The largest absolute Gasteiger partial charge is 0.495 e. The average Bonchev–Trinajstić information content (AvgIpc) is 3.54. The standard InChI is InChI=1S/C24H25N5O6S/c1-14-8-16(11-29-18-13-28(15(2)30)12-17(18)10-25-29)9-21-22(14)24(26-35-21)27-36(31,32)23-19(33-3)6-5-7-20(23)34-4/h5-10H,11-13H2,1-4H3,(H,26,27). The van der Waals surface area contributed by atoms with Gasteiger partial charge in [-0.3, -0.25) is 14.2 Å². The van der Waals surface area contributed by atoms with Gasteiger partial charge in [0.15, 0.2) is 16.3 Å². The van der Waals surface area contributed by atoms with Crippen molar-refractivity contribution in [3.8, 4) is 11.5 Å². The van der Waals surface area contributed by atoms with Crippen molar-refractivity contribution in [2.45, 2.75) is 38.4 Å². The molecule has 188 valence electrons. The summed E-state index contributed by atoms with van der Waals surface area (Å²) < 4.78 is 46.9. The molecule has 1 aliphatic rings. The number of benzene rings is 2. The molecule has 0 spiro atoms. The molecule has 3 heterocycles. The Morgan fingerprint density at radius 1 is 1.17 bits per heavy atom. The van der Waals surface area contributed by atoms with E-state index in [0.717, 1.165) is 22.4 Å². The van der Waals surface area contributed by atoms with Crippen LogP contribution in [-0.4, -0.2) is 48.4 Å². The van der Waals surface area contributed by atoms with Crippen LogP contribution in [0.3, 0.4) is 0 Å². The number of ether oxygens (including phenoxy) is 2. The van der Waals surface area contributed by atoms with Gasteiger partial charge in [-0.25, -0.2) is 8.42 Å². The van der Waals surface area contributed by atoms with Crippen LogP contribution in [0.4, 0.5) is 5.82 Å². The lowest BCUT2D eigenvalue weighted by atomic mass is 10.1. The van der Waals surface area contributed by atoms with Crippen LogP contribution in [0.1, 0.15) is 29.3 Å². The quantitative estimate of drug-likeness (QED) is 0.401. The number of nitrogens with zero attached hydrogens (tertiary/aromatic N) is 4. The normalized spacial score (nSPS) is 13.2. The molecule has 1 N–H and O–H groups in total. The summed E-state index contributed by atoms with van der Waals surface area (Å²) in [7, 11) is -1.34. The highest BCUT2D eigenvalue weighted by Crippen LogP contribution is 2.36. The highest BCUT2D eigenvalue weighted by molar-refractivity contribution is 7.93. The van der Waals surface area contributed by atoms with Gasteiger partial charge < -0.3 is 18.9 Å². The maximum absolute atomic E-state index is 13.3. The molecule has 2 aromatic heterocycles. The van der Waals surface area contributed by atoms with Crippen molar-refractivity contribution in [1.82, 2.24) is 19.8 Å². The molecular weight excluding hydrogens is 486 g/mol. The lowest BCUT2D eigenvalue weighted by Crippen LogP contribution is -2.23. The lowest BCUT2D eigenvalue weighted by Gasteiger charge is -2.14. The minimum Gasteiger partial charge on any atom is -0.495 e. The summed E-state index contributed by atoms with van der Waals surface area (Å²) in [5.41, 5.74) is 4.15. The fourth-order valence-corrected chi connectivity index (χ4v) is 5.83. The third-order valence-corrected chi connectivity index (χ3v) is 7.63. The van der Waals surface area contributed by atoms with Gasteiger partial charge in [-0.15, -0.1) is 0 Å². The Hall–Kier alpha value is -4.06. The Labute approximate surface area is 207 Å². The molecule has 11 nitrogen and oxygen atoms in total. The number of methoxy groups -OCH3 is 2. The first-order valence-corrected chi connectivity index (χ1v) is 12.6. The molecule has 0 unspecified atom stereocenters. The minimum absolute atomic E-state index is 0.0254. The molecule has 0 bridgehead atoms. The van der Waals surface area contributed by atoms with Crippen LogP contribution in [0, 0.1) is 6.92 Å². The first kappa shape index (κ1) is 23.7. The molecule has 12 heteroatoms. The second-order valence-electron chi connectivity index (χ2n) is 8.56. The summed E-state index contributed by atoms with van der Waals surface area (Å²) in [6.45, 7) is 4.96. The molecule has 0 fully saturated rings. The number of fused-ring (bicyclic) bond motifs is 2. The number of aryl methyl sites for hydroxylation is 1. The van der Waals surface area contributed by atoms with Gasteiger partial charge >= 0.3 is 0 Å². The molecule has 2 aromatic carbocycles. The molecule has 4 aromatic rings. The van der Waals surface area contributed by atoms with Crippen molar-refractivity contribution >= 4 is 32.7 Å². The number of carbonyl (C=O) groups excluding carboxylic acids is 1. The minimum atomic E-state index is -4.12. The third kappa shape index (κ3) is 4.02. The van der Waals surface area contributed by atoms with Crippen molar-refractivity contribution in [3.05, 3.63) is 58.9 Å². The number of nitrogens with one attached hydrogen (secondary N) is 1. The second-order valence-corrected chi connectivity index (χ2v) is 10.2. The zero-order valence-corrected chi connectivity index (χ0v) is 21.0. The highest BCUT2D eigenvalue weighted by atomic mass is 32.2. The average molecular weight is 512 g/mol. The first-order valence-electron chi connectivity index (χ1n) is 11.1. The van der Waals surface area contributed by atoms with Gasteiger partial charge in [-0.05, 0) is 36.2 Å². The number of aromatic nitrogens is 3. The topological polar surface area (TPSA) is 129 Å². The smallest absolute Gasteiger partial charge is 0.270 e. The van der Waals surface area contributed by atoms with Crippen LogP contribution in [0.25, 0.3) is 11.0 Å². The number of rotatable bonds is 7. The van der Waals surface area contributed by atoms with E-state index in [1.54, 1.807) is 24.1 Å². The second kappa shape index (κ2) is 8.86. The number of sulfonamides is 1. The zero-order valence-electron chi connectivity index (χ0n) is 20.2. The van der Waals surface area contributed by atoms with Gasteiger partial charge in [0, 0.05) is 19.0 Å². The van der Waals surface area contributed by atoms with Crippen LogP contribution in [0.2, 0.25) is 0 Å².